The molecule has 0 heterocycles. The third-order valence-electron chi connectivity index (χ3n) is 2.07. The van der Waals surface area contributed by atoms with Crippen molar-refractivity contribution in [2.24, 2.45) is 0 Å². The van der Waals surface area contributed by atoms with Gasteiger partial charge in [0, 0.05) is 5.46 Å². The molecule has 0 saturated heterocycles. The standard InChI is InChI=1S/C9H12BClO3/c1-5(2)6-3-4-7(12)9(11)8(6)10(13)14/h3-5,12-14H,1-2H3. The predicted octanol–water partition coefficient (Wildman–Crippen LogP) is 0.849. The summed E-state index contributed by atoms with van der Waals surface area (Å²) < 4.78 is 0. The normalized spacial score (nSPS) is 10.7. The Morgan fingerprint density at radius 1 is 1.29 bits per heavy atom. The van der Waals surface area contributed by atoms with Crippen LogP contribution in [0, 0.1) is 0 Å². The van der Waals surface area contributed by atoms with E-state index in [0.29, 0.717) is 0 Å². The highest BCUT2D eigenvalue weighted by atomic mass is 35.5. The lowest BCUT2D eigenvalue weighted by Crippen LogP contribution is -2.34. The van der Waals surface area contributed by atoms with Gasteiger partial charge in [-0.05, 0) is 17.5 Å². The van der Waals surface area contributed by atoms with Crippen molar-refractivity contribution in [2.75, 3.05) is 0 Å². The van der Waals surface area contributed by atoms with Gasteiger partial charge in [0.2, 0.25) is 0 Å². The van der Waals surface area contributed by atoms with Gasteiger partial charge in [0.25, 0.3) is 0 Å². The van der Waals surface area contributed by atoms with Crippen molar-refractivity contribution >= 4 is 24.2 Å². The molecule has 0 aromatic heterocycles. The van der Waals surface area contributed by atoms with E-state index in [4.69, 9.17) is 21.6 Å². The largest absolute Gasteiger partial charge is 0.506 e. The third kappa shape index (κ3) is 2.03. The number of rotatable bonds is 2. The number of halogens is 1. The smallest absolute Gasteiger partial charge is 0.490 e. The summed E-state index contributed by atoms with van der Waals surface area (Å²) >= 11 is 5.77. The highest BCUT2D eigenvalue weighted by Crippen LogP contribution is 2.25. The lowest BCUT2D eigenvalue weighted by molar-refractivity contribution is 0.424. The van der Waals surface area contributed by atoms with Crippen molar-refractivity contribution in [1.29, 1.82) is 0 Å². The van der Waals surface area contributed by atoms with E-state index in [1.807, 2.05) is 13.8 Å². The highest BCUT2D eigenvalue weighted by molar-refractivity contribution is 6.63. The van der Waals surface area contributed by atoms with Gasteiger partial charge in [-0.1, -0.05) is 31.5 Å². The molecule has 0 spiro atoms. The van der Waals surface area contributed by atoms with Gasteiger partial charge in [0.15, 0.2) is 0 Å². The van der Waals surface area contributed by atoms with Crippen LogP contribution in [0.15, 0.2) is 12.1 Å². The van der Waals surface area contributed by atoms with Crippen molar-refractivity contribution in [3.05, 3.63) is 22.7 Å². The van der Waals surface area contributed by atoms with Crippen molar-refractivity contribution in [2.45, 2.75) is 19.8 Å². The maximum atomic E-state index is 9.30. The Bertz CT molecular complexity index is 339. The number of aromatic hydroxyl groups is 1. The number of hydrogen-bond donors (Lipinski definition) is 3. The van der Waals surface area contributed by atoms with Crippen LogP contribution in [0.25, 0.3) is 0 Å². The van der Waals surface area contributed by atoms with E-state index in [1.165, 1.54) is 6.07 Å². The van der Waals surface area contributed by atoms with Crippen LogP contribution >= 0.6 is 11.6 Å². The average molecular weight is 214 g/mol. The zero-order valence-corrected chi connectivity index (χ0v) is 8.78. The Balaban J connectivity index is 3.38. The third-order valence-corrected chi connectivity index (χ3v) is 2.47. The van der Waals surface area contributed by atoms with Crippen LogP contribution in [0.4, 0.5) is 0 Å². The minimum Gasteiger partial charge on any atom is -0.506 e. The van der Waals surface area contributed by atoms with E-state index in [-0.39, 0.29) is 22.2 Å². The fraction of sp³-hybridized carbons (Fsp3) is 0.333. The molecule has 0 atom stereocenters. The molecule has 0 aliphatic carbocycles. The molecule has 3 N–H and O–H groups in total. The van der Waals surface area contributed by atoms with E-state index in [1.54, 1.807) is 6.07 Å². The molecule has 1 aromatic carbocycles. The fourth-order valence-corrected chi connectivity index (χ4v) is 1.63. The SMILES string of the molecule is CC(C)c1ccc(O)c(Cl)c1B(O)O. The van der Waals surface area contributed by atoms with Gasteiger partial charge in [0.05, 0.1) is 5.02 Å². The van der Waals surface area contributed by atoms with Crippen LogP contribution in [0.1, 0.15) is 25.3 Å². The summed E-state index contributed by atoms with van der Waals surface area (Å²) in [5.41, 5.74) is 0.907. The molecule has 0 amide bonds. The highest BCUT2D eigenvalue weighted by Gasteiger charge is 2.23. The van der Waals surface area contributed by atoms with Gasteiger partial charge in [-0.25, -0.2) is 0 Å². The zero-order chi connectivity index (χ0) is 10.9. The predicted molar refractivity (Wildman–Crippen MR) is 57.0 cm³/mol. The van der Waals surface area contributed by atoms with E-state index in [0.717, 1.165) is 5.56 Å². The lowest BCUT2D eigenvalue weighted by atomic mass is 9.74. The van der Waals surface area contributed by atoms with Gasteiger partial charge < -0.3 is 15.2 Å². The summed E-state index contributed by atoms with van der Waals surface area (Å²) in [5, 5.41) is 27.5. The van der Waals surface area contributed by atoms with Crippen molar-refractivity contribution in [3.8, 4) is 5.75 Å². The topological polar surface area (TPSA) is 60.7 Å². The fourth-order valence-electron chi connectivity index (χ4n) is 1.36. The zero-order valence-electron chi connectivity index (χ0n) is 8.03. The Hall–Kier alpha value is -0.705. The van der Waals surface area contributed by atoms with Gasteiger partial charge in [-0.2, -0.15) is 0 Å². The summed E-state index contributed by atoms with van der Waals surface area (Å²) in [6.45, 7) is 3.82. The molecular formula is C9H12BClO3. The maximum Gasteiger partial charge on any atom is 0.490 e. The molecule has 14 heavy (non-hydrogen) atoms. The molecule has 76 valence electrons. The van der Waals surface area contributed by atoms with Crippen LogP contribution in [-0.2, 0) is 0 Å². The van der Waals surface area contributed by atoms with Gasteiger partial charge in [0.1, 0.15) is 5.75 Å². The number of phenolic OH excluding ortho intramolecular Hbond substituents is 1. The number of benzene rings is 1. The Morgan fingerprint density at radius 3 is 2.29 bits per heavy atom. The molecule has 5 heteroatoms. The maximum absolute atomic E-state index is 9.30. The van der Waals surface area contributed by atoms with Crippen LogP contribution < -0.4 is 5.46 Å². The molecule has 1 rings (SSSR count). The summed E-state index contributed by atoms with van der Waals surface area (Å²) in [7, 11) is -1.66. The lowest BCUT2D eigenvalue weighted by Gasteiger charge is -2.14. The van der Waals surface area contributed by atoms with E-state index in [9.17, 15) is 5.11 Å². The minimum atomic E-state index is -1.66. The first-order valence-electron chi connectivity index (χ1n) is 4.32. The molecule has 0 aliphatic heterocycles. The summed E-state index contributed by atoms with van der Waals surface area (Å²) in [4.78, 5) is 0. The van der Waals surface area contributed by atoms with Crippen LogP contribution in [0.2, 0.25) is 5.02 Å². The number of hydrogen-bond acceptors (Lipinski definition) is 3. The number of phenols is 1. The Labute approximate surface area is 88.1 Å². The molecule has 0 unspecified atom stereocenters. The Morgan fingerprint density at radius 2 is 1.86 bits per heavy atom. The van der Waals surface area contributed by atoms with E-state index < -0.39 is 7.12 Å². The second-order valence-electron chi connectivity index (χ2n) is 3.43. The molecule has 3 nitrogen and oxygen atoms in total. The molecule has 0 fully saturated rings. The first kappa shape index (κ1) is 11.4. The van der Waals surface area contributed by atoms with Gasteiger partial charge in [-0.15, -0.1) is 0 Å². The quantitative estimate of drug-likeness (QED) is 0.640. The van der Waals surface area contributed by atoms with Crippen LogP contribution in [-0.4, -0.2) is 22.3 Å². The first-order valence-corrected chi connectivity index (χ1v) is 4.70. The van der Waals surface area contributed by atoms with Crippen molar-refractivity contribution < 1.29 is 15.2 Å². The van der Waals surface area contributed by atoms with E-state index in [2.05, 4.69) is 0 Å². The minimum absolute atomic E-state index is 0.00574. The van der Waals surface area contributed by atoms with Crippen LogP contribution in [0.3, 0.4) is 0 Å². The van der Waals surface area contributed by atoms with Crippen LogP contribution in [0.5, 0.6) is 5.75 Å². The first-order chi connectivity index (χ1) is 6.45. The van der Waals surface area contributed by atoms with Crippen molar-refractivity contribution in [3.63, 3.8) is 0 Å². The summed E-state index contributed by atoms with van der Waals surface area (Å²) in [6.07, 6.45) is 0. The molecular weight excluding hydrogens is 202 g/mol. The monoisotopic (exact) mass is 214 g/mol. The molecule has 0 aliphatic rings. The van der Waals surface area contributed by atoms with Gasteiger partial charge >= 0.3 is 7.12 Å². The summed E-state index contributed by atoms with van der Waals surface area (Å²) in [5.74, 6) is -0.0240. The molecule has 1 aromatic rings. The van der Waals surface area contributed by atoms with E-state index >= 15 is 0 Å². The average Bonchev–Trinajstić information content (AvgIpc) is 2.08. The second-order valence-corrected chi connectivity index (χ2v) is 3.81. The molecule has 0 bridgehead atoms. The summed E-state index contributed by atoms with van der Waals surface area (Å²) in [6, 6.07) is 3.09. The van der Waals surface area contributed by atoms with Gasteiger partial charge in [-0.3, -0.25) is 0 Å². The second kappa shape index (κ2) is 4.21. The molecule has 0 radical (unpaired) electrons. The Kier molecular flexibility index (Phi) is 3.42. The molecule has 0 saturated carbocycles. The van der Waals surface area contributed by atoms with Crippen molar-refractivity contribution in [1.82, 2.24) is 0 Å².